The number of alkyl halides is 4. The molecule has 3 N–H and O–H groups in total. The van der Waals surface area contributed by atoms with E-state index in [-0.39, 0.29) is 50.0 Å². The van der Waals surface area contributed by atoms with Crippen LogP contribution in [0.5, 0.6) is 6.01 Å². The van der Waals surface area contributed by atoms with Crippen LogP contribution in [0.4, 0.5) is 37.2 Å². The Morgan fingerprint density at radius 3 is 2.49 bits per heavy atom. The maximum atomic E-state index is 15.9. The first-order chi connectivity index (χ1) is 24.3. The summed E-state index contributed by atoms with van der Waals surface area (Å²) in [5.74, 6) is -1.84. The molecule has 1 amide bonds. The maximum absolute atomic E-state index is 15.9. The highest BCUT2D eigenvalue weighted by Gasteiger charge is 2.38. The van der Waals surface area contributed by atoms with Gasteiger partial charge in [0.25, 0.3) is 0 Å². The van der Waals surface area contributed by atoms with Crippen LogP contribution in [-0.2, 0) is 11.0 Å². The van der Waals surface area contributed by atoms with Crippen molar-refractivity contribution in [2.75, 3.05) is 50.9 Å². The van der Waals surface area contributed by atoms with E-state index >= 15 is 4.39 Å². The van der Waals surface area contributed by atoms with Crippen LogP contribution in [0.2, 0.25) is 0 Å². The summed E-state index contributed by atoms with van der Waals surface area (Å²) in [5.41, 5.74) is 2.59. The van der Waals surface area contributed by atoms with Crippen molar-refractivity contribution in [1.82, 2.24) is 19.8 Å². The average molecular weight is 736 g/mol. The van der Waals surface area contributed by atoms with E-state index in [9.17, 15) is 32.0 Å². The molecule has 0 bridgehead atoms. The molecular formula is C35H39F6N7O2S. The number of hydrogen-bond donors (Lipinski definition) is 2. The summed E-state index contributed by atoms with van der Waals surface area (Å²) >= 11 is 0.698. The summed E-state index contributed by atoms with van der Waals surface area (Å²) in [6.45, 7) is 7.74. The van der Waals surface area contributed by atoms with E-state index in [1.807, 2.05) is 11.8 Å². The molecule has 3 saturated heterocycles. The number of anilines is 2. The lowest BCUT2D eigenvalue weighted by atomic mass is 9.92. The number of likely N-dealkylation sites (tertiary alicyclic amines) is 1. The van der Waals surface area contributed by atoms with Gasteiger partial charge in [0.1, 0.15) is 34.4 Å². The first-order valence-electron chi connectivity index (χ1n) is 16.8. The molecular weight excluding hydrogens is 696 g/mol. The number of nitrogens with one attached hydrogen (secondary N) is 1. The summed E-state index contributed by atoms with van der Waals surface area (Å²) in [6, 6.07) is 4.75. The number of carbonyl (C=O) groups is 1. The van der Waals surface area contributed by atoms with Gasteiger partial charge in [-0.3, -0.25) is 9.69 Å². The number of benzene rings is 2. The monoisotopic (exact) mass is 735 g/mol. The summed E-state index contributed by atoms with van der Waals surface area (Å²) in [6.07, 6.45) is 0.883. The van der Waals surface area contributed by atoms with E-state index in [1.165, 1.54) is 32.8 Å². The minimum Gasteiger partial charge on any atom is -0.467 e. The number of thiophene rings is 1. The SMILES string of the molecule is CCC(=O)N1CCCC1.CCNc1nc(OC)nc2c(F)c(-c3ccc(F)c4sc(N)c(C#N)c34)c(C(F)(F)F)cc12.FC1CC2CCCN2C1. The first kappa shape index (κ1) is 37.9. The Labute approximate surface area is 295 Å². The minimum absolute atomic E-state index is 0.0444. The molecule has 3 fully saturated rings. The van der Waals surface area contributed by atoms with Crippen LogP contribution in [0.15, 0.2) is 18.2 Å². The van der Waals surface area contributed by atoms with Crippen molar-refractivity contribution in [3.05, 3.63) is 41.0 Å². The van der Waals surface area contributed by atoms with Gasteiger partial charge in [0.05, 0.1) is 22.9 Å². The molecule has 274 valence electrons. The average Bonchev–Trinajstić information content (AvgIpc) is 3.91. The number of methoxy groups -OCH3 is 1. The van der Waals surface area contributed by atoms with Crippen molar-refractivity contribution >= 4 is 49.1 Å². The van der Waals surface area contributed by atoms with Gasteiger partial charge in [0, 0.05) is 55.0 Å². The number of rotatable bonds is 5. The smallest absolute Gasteiger partial charge is 0.417 e. The van der Waals surface area contributed by atoms with Crippen LogP contribution in [0.3, 0.4) is 0 Å². The molecule has 0 radical (unpaired) electrons. The van der Waals surface area contributed by atoms with Gasteiger partial charge < -0.3 is 20.7 Å². The first-order valence-corrected chi connectivity index (χ1v) is 17.6. The standard InChI is InChI=1S/C21H14F5N5OS.C7H12FN.C7H13NO/c1-3-29-19-9-6-11(21(24,25)26)14(15(23)16(9)30-20(31-19)32-2)8-4-5-12(22)17-13(8)10(7-27)18(28)33-17;8-6-4-7-2-1-3-9(7)5-6;1-2-7(9)8-5-3-4-6-8/h4-6H,3,28H2,1-2H3,(H,29,30,31);6-7H,1-5H2;2-6H2,1H3. The van der Waals surface area contributed by atoms with E-state index in [0.717, 1.165) is 44.3 Å². The second-order valence-electron chi connectivity index (χ2n) is 12.4. The fourth-order valence-corrected chi connectivity index (χ4v) is 7.76. The molecule has 3 aliphatic rings. The second kappa shape index (κ2) is 15.9. The van der Waals surface area contributed by atoms with E-state index in [4.69, 9.17) is 10.5 Å². The molecule has 7 rings (SSSR count). The molecule has 2 atom stereocenters. The molecule has 2 aromatic carbocycles. The summed E-state index contributed by atoms with van der Waals surface area (Å²) in [5, 5.41) is 11.8. The highest BCUT2D eigenvalue weighted by atomic mass is 32.1. The molecule has 2 aromatic heterocycles. The van der Waals surface area contributed by atoms with Crippen LogP contribution in [-0.4, -0.2) is 77.7 Å². The van der Waals surface area contributed by atoms with Crippen molar-refractivity contribution in [1.29, 1.82) is 5.26 Å². The number of carbonyl (C=O) groups excluding carboxylic acids is 1. The molecule has 9 nitrogen and oxygen atoms in total. The summed E-state index contributed by atoms with van der Waals surface area (Å²) in [7, 11) is 1.23. The molecule has 3 aliphatic heterocycles. The maximum Gasteiger partial charge on any atom is 0.417 e. The Kier molecular flexibility index (Phi) is 11.8. The van der Waals surface area contributed by atoms with Crippen LogP contribution in [0.25, 0.3) is 32.1 Å². The van der Waals surface area contributed by atoms with Gasteiger partial charge in [-0.1, -0.05) is 13.0 Å². The summed E-state index contributed by atoms with van der Waals surface area (Å²) < 4.78 is 90.2. The number of aromatic nitrogens is 2. The highest BCUT2D eigenvalue weighted by Crippen LogP contribution is 2.47. The number of amides is 1. The van der Waals surface area contributed by atoms with E-state index in [1.54, 1.807) is 13.0 Å². The van der Waals surface area contributed by atoms with E-state index < -0.39 is 40.6 Å². The zero-order chi connectivity index (χ0) is 37.0. The number of halogens is 6. The van der Waals surface area contributed by atoms with Gasteiger partial charge in [-0.25, -0.2) is 13.2 Å². The Morgan fingerprint density at radius 1 is 1.16 bits per heavy atom. The molecule has 51 heavy (non-hydrogen) atoms. The van der Waals surface area contributed by atoms with E-state index in [2.05, 4.69) is 20.2 Å². The van der Waals surface area contributed by atoms with Crippen LogP contribution >= 0.6 is 11.3 Å². The second-order valence-corrected chi connectivity index (χ2v) is 13.5. The number of ether oxygens (including phenoxy) is 1. The van der Waals surface area contributed by atoms with Crippen LogP contribution in [0.1, 0.15) is 63.5 Å². The fraction of sp³-hybridized carbons (Fsp3) is 0.486. The van der Waals surface area contributed by atoms with Crippen LogP contribution in [0, 0.1) is 23.0 Å². The molecule has 5 heterocycles. The predicted octanol–water partition coefficient (Wildman–Crippen LogP) is 7.91. The minimum atomic E-state index is -5.00. The largest absolute Gasteiger partial charge is 0.467 e. The van der Waals surface area contributed by atoms with Crippen molar-refractivity contribution < 1.29 is 35.9 Å². The Morgan fingerprint density at radius 2 is 1.88 bits per heavy atom. The number of fused-ring (bicyclic) bond motifs is 3. The van der Waals surface area contributed by atoms with Gasteiger partial charge in [-0.2, -0.15) is 28.4 Å². The zero-order valence-electron chi connectivity index (χ0n) is 28.5. The third-order valence-corrected chi connectivity index (χ3v) is 10.2. The molecule has 0 saturated carbocycles. The molecule has 0 aliphatic carbocycles. The number of nitriles is 1. The van der Waals surface area contributed by atoms with Crippen molar-refractivity contribution in [3.63, 3.8) is 0 Å². The zero-order valence-corrected chi connectivity index (χ0v) is 29.3. The van der Waals surface area contributed by atoms with Gasteiger partial charge in [-0.05, 0) is 63.3 Å². The Balaban J connectivity index is 0.000000225. The number of nitrogens with two attached hydrogens (primary N) is 1. The van der Waals surface area contributed by atoms with E-state index in [0.29, 0.717) is 36.3 Å². The lowest BCUT2D eigenvalue weighted by molar-refractivity contribution is -0.137. The van der Waals surface area contributed by atoms with Crippen molar-refractivity contribution in [3.8, 4) is 23.2 Å². The molecule has 0 spiro atoms. The molecule has 16 heteroatoms. The number of nitrogen functional groups attached to an aromatic ring is 1. The van der Waals surface area contributed by atoms with Gasteiger partial charge >= 0.3 is 12.2 Å². The van der Waals surface area contributed by atoms with Crippen molar-refractivity contribution in [2.24, 2.45) is 0 Å². The quantitative estimate of drug-likeness (QED) is 0.199. The lowest BCUT2D eigenvalue weighted by Crippen LogP contribution is -2.26. The fourth-order valence-electron chi connectivity index (χ4n) is 6.81. The number of nitrogens with zero attached hydrogens (tertiary/aromatic N) is 5. The Bertz CT molecular complexity index is 1930. The molecule has 2 unspecified atom stereocenters. The van der Waals surface area contributed by atoms with Crippen LogP contribution < -0.4 is 15.8 Å². The normalized spacial score (nSPS) is 18.5. The van der Waals surface area contributed by atoms with Gasteiger partial charge in [0.2, 0.25) is 5.91 Å². The third-order valence-electron chi connectivity index (χ3n) is 9.16. The topological polar surface area (TPSA) is 120 Å². The molecule has 4 aromatic rings. The lowest BCUT2D eigenvalue weighted by Gasteiger charge is -2.18. The Hall–Kier alpha value is -4.36. The third kappa shape index (κ3) is 7.94. The van der Waals surface area contributed by atoms with Gasteiger partial charge in [-0.15, -0.1) is 11.3 Å². The van der Waals surface area contributed by atoms with Crippen molar-refractivity contribution in [2.45, 2.75) is 70.8 Å². The van der Waals surface area contributed by atoms with Gasteiger partial charge in [0.15, 0.2) is 5.82 Å². The predicted molar refractivity (Wildman–Crippen MR) is 185 cm³/mol. The number of hydrogen-bond acceptors (Lipinski definition) is 9. The summed E-state index contributed by atoms with van der Waals surface area (Å²) in [4.78, 5) is 23.1. The highest BCUT2D eigenvalue weighted by molar-refractivity contribution is 7.23.